The molecule has 1 aromatic heterocycles. The highest BCUT2D eigenvalue weighted by atomic mass is 16.5. The Morgan fingerprint density at radius 2 is 2.12 bits per heavy atom. The minimum Gasteiger partial charge on any atom is -0.384 e. The van der Waals surface area contributed by atoms with Crippen LogP contribution in [0, 0.1) is 12.8 Å². The number of ether oxygens (including phenoxy) is 2. The maximum atomic E-state index is 12.5. The van der Waals surface area contributed by atoms with Crippen LogP contribution in [0.15, 0.2) is 34.9 Å². The molecule has 0 radical (unpaired) electrons. The Bertz CT molecular complexity index is 689. The highest BCUT2D eigenvalue weighted by molar-refractivity contribution is 5.77. The third-order valence-corrected chi connectivity index (χ3v) is 4.37. The van der Waals surface area contributed by atoms with Crippen molar-refractivity contribution in [2.24, 2.45) is 5.92 Å². The third kappa shape index (κ3) is 4.43. The predicted molar refractivity (Wildman–Crippen MR) is 89.8 cm³/mol. The second kappa shape index (κ2) is 8.22. The number of hydrogen-bond acceptors (Lipinski definition) is 6. The molecule has 0 bridgehead atoms. The van der Waals surface area contributed by atoms with Gasteiger partial charge in [0.2, 0.25) is 11.8 Å². The number of carbonyl (C=O) groups is 1. The van der Waals surface area contributed by atoms with Crippen LogP contribution in [0.3, 0.4) is 0 Å². The molecule has 1 aliphatic heterocycles. The van der Waals surface area contributed by atoms with E-state index >= 15 is 0 Å². The van der Waals surface area contributed by atoms with Crippen LogP contribution in [0.5, 0.6) is 0 Å². The fraction of sp³-hybridized carbons (Fsp3) is 0.500. The normalized spacial score (nSPS) is 20.2. The van der Waals surface area contributed by atoms with Gasteiger partial charge in [0.05, 0.1) is 19.1 Å². The number of amides is 1. The van der Waals surface area contributed by atoms with Gasteiger partial charge in [0.25, 0.3) is 0 Å². The van der Waals surface area contributed by atoms with E-state index in [1.807, 2.05) is 30.3 Å². The van der Waals surface area contributed by atoms with Crippen LogP contribution in [0.1, 0.15) is 23.2 Å². The second-order valence-corrected chi connectivity index (χ2v) is 6.28. The minimum atomic E-state index is -0.0317. The summed E-state index contributed by atoms with van der Waals surface area (Å²) in [6.45, 7) is 3.96. The summed E-state index contributed by atoms with van der Waals surface area (Å²) in [7, 11) is 1.66. The number of aryl methyl sites for hydroxylation is 1. The molecule has 0 unspecified atom stereocenters. The van der Waals surface area contributed by atoms with E-state index in [-0.39, 0.29) is 24.3 Å². The van der Waals surface area contributed by atoms with E-state index in [1.165, 1.54) is 0 Å². The molecule has 0 saturated carbocycles. The highest BCUT2D eigenvalue weighted by Crippen LogP contribution is 2.32. The average molecular weight is 345 g/mol. The summed E-state index contributed by atoms with van der Waals surface area (Å²) in [5, 5.41) is 3.85. The molecule has 25 heavy (non-hydrogen) atoms. The zero-order valence-corrected chi connectivity index (χ0v) is 14.6. The summed E-state index contributed by atoms with van der Waals surface area (Å²) in [5.41, 5.74) is 1.05. The molecule has 1 saturated heterocycles. The fourth-order valence-electron chi connectivity index (χ4n) is 3.12. The first kappa shape index (κ1) is 17.6. The predicted octanol–water partition coefficient (Wildman–Crippen LogP) is 1.78. The molecule has 2 aromatic rings. The molecule has 1 fully saturated rings. The zero-order chi connectivity index (χ0) is 17.6. The van der Waals surface area contributed by atoms with Crippen molar-refractivity contribution in [1.29, 1.82) is 0 Å². The van der Waals surface area contributed by atoms with Crippen molar-refractivity contribution in [3.63, 3.8) is 0 Å². The molecule has 7 nitrogen and oxygen atoms in total. The zero-order valence-electron chi connectivity index (χ0n) is 14.6. The monoisotopic (exact) mass is 345 g/mol. The van der Waals surface area contributed by atoms with E-state index in [1.54, 1.807) is 18.9 Å². The molecule has 1 amide bonds. The lowest BCUT2D eigenvalue weighted by Crippen LogP contribution is -2.32. The maximum absolute atomic E-state index is 12.5. The van der Waals surface area contributed by atoms with Gasteiger partial charge in [-0.05, 0) is 12.5 Å². The summed E-state index contributed by atoms with van der Waals surface area (Å²) in [4.78, 5) is 18.6. The summed E-state index contributed by atoms with van der Waals surface area (Å²) < 4.78 is 16.2. The molecule has 0 spiro atoms. The van der Waals surface area contributed by atoms with Gasteiger partial charge in [-0.1, -0.05) is 35.5 Å². The average Bonchev–Trinajstić information content (AvgIpc) is 3.22. The van der Waals surface area contributed by atoms with E-state index in [4.69, 9.17) is 14.0 Å². The fourth-order valence-corrected chi connectivity index (χ4v) is 3.12. The van der Waals surface area contributed by atoms with Crippen LogP contribution in [0.25, 0.3) is 0 Å². The van der Waals surface area contributed by atoms with Crippen molar-refractivity contribution in [3.8, 4) is 0 Å². The number of methoxy groups -OCH3 is 1. The Morgan fingerprint density at radius 3 is 2.80 bits per heavy atom. The van der Waals surface area contributed by atoms with Crippen LogP contribution in [0.4, 0.5) is 0 Å². The van der Waals surface area contributed by atoms with Crippen molar-refractivity contribution in [2.45, 2.75) is 19.4 Å². The Morgan fingerprint density at radius 1 is 1.32 bits per heavy atom. The Labute approximate surface area is 146 Å². The lowest BCUT2D eigenvalue weighted by atomic mass is 9.97. The molecule has 0 N–H and O–H groups in total. The number of carbonyl (C=O) groups excluding carboxylic acids is 1. The number of hydrogen-bond donors (Lipinski definition) is 0. The van der Waals surface area contributed by atoms with E-state index in [0.717, 1.165) is 5.56 Å². The van der Waals surface area contributed by atoms with Crippen LogP contribution in [0.2, 0.25) is 0 Å². The lowest BCUT2D eigenvalue weighted by Gasteiger charge is -2.16. The van der Waals surface area contributed by atoms with Gasteiger partial charge in [-0.3, -0.25) is 4.79 Å². The van der Waals surface area contributed by atoms with E-state index in [9.17, 15) is 4.79 Å². The lowest BCUT2D eigenvalue weighted by molar-refractivity contribution is -0.135. The molecular weight excluding hydrogens is 322 g/mol. The van der Waals surface area contributed by atoms with Crippen molar-refractivity contribution >= 4 is 5.91 Å². The summed E-state index contributed by atoms with van der Waals surface area (Å²) in [5.74, 6) is 1.28. The molecule has 7 heteroatoms. The summed E-state index contributed by atoms with van der Waals surface area (Å²) >= 11 is 0. The SMILES string of the molecule is COC[C@@H]1CN(C(=O)COCc2ccccc2)C[C@H]1c1nc(C)no1. The Hall–Kier alpha value is -2.25. The van der Waals surface area contributed by atoms with Crippen LogP contribution < -0.4 is 0 Å². The summed E-state index contributed by atoms with van der Waals surface area (Å²) in [6.07, 6.45) is 0. The van der Waals surface area contributed by atoms with Gasteiger partial charge in [0.15, 0.2) is 5.82 Å². The molecular formula is C18H23N3O4. The van der Waals surface area contributed by atoms with Gasteiger partial charge in [0, 0.05) is 26.1 Å². The topological polar surface area (TPSA) is 77.7 Å². The van der Waals surface area contributed by atoms with E-state index in [0.29, 0.717) is 38.0 Å². The smallest absolute Gasteiger partial charge is 0.248 e. The van der Waals surface area contributed by atoms with Crippen LogP contribution >= 0.6 is 0 Å². The molecule has 1 aliphatic rings. The molecule has 2 heterocycles. The molecule has 2 atom stereocenters. The number of benzene rings is 1. The van der Waals surface area contributed by atoms with Crippen LogP contribution in [-0.2, 0) is 20.9 Å². The van der Waals surface area contributed by atoms with E-state index in [2.05, 4.69) is 10.1 Å². The minimum absolute atomic E-state index is 0.000719. The first-order chi connectivity index (χ1) is 12.2. The Balaban J connectivity index is 1.55. The van der Waals surface area contributed by atoms with Gasteiger partial charge in [-0.15, -0.1) is 0 Å². The van der Waals surface area contributed by atoms with Crippen LogP contribution in [-0.4, -0.2) is 54.4 Å². The second-order valence-electron chi connectivity index (χ2n) is 6.28. The molecule has 0 aliphatic carbocycles. The number of likely N-dealkylation sites (tertiary alicyclic amines) is 1. The van der Waals surface area contributed by atoms with Gasteiger partial charge in [0.1, 0.15) is 6.61 Å². The standard InChI is InChI=1S/C18H23N3O4/c1-13-19-18(25-20-13)16-9-21(8-15(16)11-23-2)17(22)12-24-10-14-6-4-3-5-7-14/h3-7,15-16H,8-12H2,1-2H3/t15-,16+/m0/s1. The molecule has 3 rings (SSSR count). The van der Waals surface area contributed by atoms with Crippen molar-refractivity contribution < 1.29 is 18.8 Å². The van der Waals surface area contributed by atoms with Crippen molar-refractivity contribution in [1.82, 2.24) is 15.0 Å². The highest BCUT2D eigenvalue weighted by Gasteiger charge is 2.39. The quantitative estimate of drug-likeness (QED) is 0.761. The summed E-state index contributed by atoms with van der Waals surface area (Å²) in [6, 6.07) is 9.81. The van der Waals surface area contributed by atoms with Crippen molar-refractivity contribution in [2.75, 3.05) is 33.4 Å². The number of nitrogens with zero attached hydrogens (tertiary/aromatic N) is 3. The first-order valence-corrected chi connectivity index (χ1v) is 8.36. The van der Waals surface area contributed by atoms with Gasteiger partial charge < -0.3 is 18.9 Å². The molecule has 1 aromatic carbocycles. The van der Waals surface area contributed by atoms with E-state index < -0.39 is 0 Å². The van der Waals surface area contributed by atoms with Gasteiger partial charge in [-0.25, -0.2) is 0 Å². The first-order valence-electron chi connectivity index (χ1n) is 8.36. The van der Waals surface area contributed by atoms with Gasteiger partial charge in [-0.2, -0.15) is 4.98 Å². The number of rotatable bonds is 7. The largest absolute Gasteiger partial charge is 0.384 e. The third-order valence-electron chi connectivity index (χ3n) is 4.37. The van der Waals surface area contributed by atoms with Gasteiger partial charge >= 0.3 is 0 Å². The molecule has 134 valence electrons. The number of aromatic nitrogens is 2. The van der Waals surface area contributed by atoms with Crippen molar-refractivity contribution in [3.05, 3.63) is 47.6 Å². The maximum Gasteiger partial charge on any atom is 0.248 e. The Kier molecular flexibility index (Phi) is 5.78.